The van der Waals surface area contributed by atoms with E-state index in [1.807, 2.05) is 6.92 Å². The first kappa shape index (κ1) is 10.3. The zero-order valence-corrected chi connectivity index (χ0v) is 8.49. The molecule has 0 radical (unpaired) electrons. The van der Waals surface area contributed by atoms with Gasteiger partial charge in [-0.1, -0.05) is 6.92 Å². The zero-order valence-electron chi connectivity index (χ0n) is 8.49. The number of hydrogen-bond acceptors (Lipinski definition) is 2. The van der Waals surface area contributed by atoms with Crippen molar-refractivity contribution in [2.45, 2.75) is 13.8 Å². The maximum absolute atomic E-state index is 5.81. The molecule has 1 saturated heterocycles. The Hall–Kier alpha value is -0.770. The van der Waals surface area contributed by atoms with Crippen LogP contribution >= 0.6 is 0 Å². The summed E-state index contributed by atoms with van der Waals surface area (Å²) in [5.74, 6) is 1.19. The van der Waals surface area contributed by atoms with Crippen LogP contribution in [0.4, 0.5) is 0 Å². The summed E-state index contributed by atoms with van der Waals surface area (Å²) >= 11 is 0. The minimum Gasteiger partial charge on any atom is -0.379 e. The number of hydrogen-bond donors (Lipinski definition) is 1. The summed E-state index contributed by atoms with van der Waals surface area (Å²) < 4.78 is 5.41. The average Bonchev–Trinajstić information content (AvgIpc) is 2.30. The van der Waals surface area contributed by atoms with Crippen LogP contribution in [0.1, 0.15) is 13.8 Å². The fourth-order valence-electron chi connectivity index (χ4n) is 1.45. The fourth-order valence-corrected chi connectivity index (χ4v) is 1.45. The molecule has 0 amide bonds. The molecule has 0 aromatic rings. The highest BCUT2D eigenvalue weighted by Crippen LogP contribution is 2.05. The largest absolute Gasteiger partial charge is 0.379 e. The van der Waals surface area contributed by atoms with Gasteiger partial charge < -0.3 is 15.4 Å². The van der Waals surface area contributed by atoms with Gasteiger partial charge in [-0.15, -0.1) is 0 Å². The first-order valence-electron chi connectivity index (χ1n) is 4.86. The quantitative estimate of drug-likeness (QED) is 0.472. The van der Waals surface area contributed by atoms with Crippen LogP contribution in [-0.2, 0) is 4.74 Å². The summed E-state index contributed by atoms with van der Waals surface area (Å²) in [4.78, 5) is 6.29. The third-order valence-corrected chi connectivity index (χ3v) is 2.08. The van der Waals surface area contributed by atoms with Gasteiger partial charge in [-0.05, 0) is 12.8 Å². The predicted molar refractivity (Wildman–Crippen MR) is 53.7 cm³/mol. The van der Waals surface area contributed by atoms with E-state index in [0.717, 1.165) is 32.8 Å². The maximum atomic E-state index is 5.81. The van der Waals surface area contributed by atoms with Crippen LogP contribution in [0.25, 0.3) is 0 Å². The summed E-state index contributed by atoms with van der Waals surface area (Å²) in [5.41, 5.74) is 5.81. The van der Waals surface area contributed by atoms with E-state index in [9.17, 15) is 0 Å². The van der Waals surface area contributed by atoms with E-state index >= 15 is 0 Å². The van der Waals surface area contributed by atoms with Crippen LogP contribution in [0.15, 0.2) is 4.99 Å². The second-order valence-electron chi connectivity index (χ2n) is 3.46. The first-order chi connectivity index (χ1) is 6.24. The van der Waals surface area contributed by atoms with Gasteiger partial charge in [0.05, 0.1) is 13.2 Å². The number of nitrogens with two attached hydrogens (primary N) is 1. The second kappa shape index (κ2) is 5.07. The highest BCUT2D eigenvalue weighted by atomic mass is 16.5. The molecule has 1 unspecified atom stereocenters. The predicted octanol–water partition coefficient (Wildman–Crippen LogP) is 0.289. The van der Waals surface area contributed by atoms with E-state index in [4.69, 9.17) is 10.5 Å². The van der Waals surface area contributed by atoms with Crippen LogP contribution in [0, 0.1) is 5.92 Å². The Bertz CT molecular complexity index is 182. The molecule has 1 aliphatic heterocycles. The average molecular weight is 185 g/mol. The summed E-state index contributed by atoms with van der Waals surface area (Å²) in [6.45, 7) is 8.30. The van der Waals surface area contributed by atoms with Gasteiger partial charge in [0.2, 0.25) is 0 Å². The molecule has 0 aromatic carbocycles. The van der Waals surface area contributed by atoms with E-state index in [1.165, 1.54) is 0 Å². The van der Waals surface area contributed by atoms with Crippen molar-refractivity contribution in [3.63, 3.8) is 0 Å². The van der Waals surface area contributed by atoms with Crippen LogP contribution in [0.3, 0.4) is 0 Å². The molecule has 13 heavy (non-hydrogen) atoms. The third-order valence-electron chi connectivity index (χ3n) is 2.08. The van der Waals surface area contributed by atoms with Crippen LogP contribution in [0.5, 0.6) is 0 Å². The molecule has 1 rings (SSSR count). The number of guanidine groups is 1. The zero-order chi connectivity index (χ0) is 9.68. The molecule has 1 aliphatic rings. The van der Waals surface area contributed by atoms with Gasteiger partial charge >= 0.3 is 0 Å². The lowest BCUT2D eigenvalue weighted by Gasteiger charge is -2.22. The molecule has 76 valence electrons. The molecule has 4 nitrogen and oxygen atoms in total. The number of aliphatic imine (C=N–C) groups is 1. The fraction of sp³-hybridized carbons (Fsp3) is 0.889. The molecule has 1 heterocycles. The van der Waals surface area contributed by atoms with Gasteiger partial charge in [-0.2, -0.15) is 0 Å². The van der Waals surface area contributed by atoms with Gasteiger partial charge in [-0.3, -0.25) is 4.99 Å². The summed E-state index contributed by atoms with van der Waals surface area (Å²) in [7, 11) is 0. The lowest BCUT2D eigenvalue weighted by atomic mass is 10.2. The smallest absolute Gasteiger partial charge is 0.191 e. The normalized spacial score (nSPS) is 25.8. The summed E-state index contributed by atoms with van der Waals surface area (Å²) in [6, 6.07) is 0. The van der Waals surface area contributed by atoms with Crippen molar-refractivity contribution in [3.05, 3.63) is 0 Å². The Labute approximate surface area is 79.8 Å². The minimum atomic E-state index is 0.535. The Morgan fingerprint density at radius 3 is 3.15 bits per heavy atom. The van der Waals surface area contributed by atoms with Gasteiger partial charge in [0.1, 0.15) is 0 Å². The van der Waals surface area contributed by atoms with Gasteiger partial charge in [-0.25, -0.2) is 0 Å². The van der Waals surface area contributed by atoms with Crippen molar-refractivity contribution in [1.82, 2.24) is 4.90 Å². The molecule has 0 spiro atoms. The van der Waals surface area contributed by atoms with Crippen LogP contribution in [-0.4, -0.2) is 43.7 Å². The molecule has 0 saturated carbocycles. The van der Waals surface area contributed by atoms with Gasteiger partial charge in [0.25, 0.3) is 0 Å². The second-order valence-corrected chi connectivity index (χ2v) is 3.46. The molecule has 1 fully saturated rings. The van der Waals surface area contributed by atoms with E-state index in [0.29, 0.717) is 11.9 Å². The van der Waals surface area contributed by atoms with Gasteiger partial charge in [0.15, 0.2) is 5.96 Å². The van der Waals surface area contributed by atoms with Crippen molar-refractivity contribution in [3.8, 4) is 0 Å². The topological polar surface area (TPSA) is 50.8 Å². The highest BCUT2D eigenvalue weighted by Gasteiger charge is 2.15. The molecule has 2 N–H and O–H groups in total. The molecule has 1 atom stereocenters. The molecule has 4 heteroatoms. The van der Waals surface area contributed by atoms with Crippen LogP contribution in [0.2, 0.25) is 0 Å². The molecule has 0 aliphatic carbocycles. The van der Waals surface area contributed by atoms with Crippen molar-refractivity contribution >= 4 is 5.96 Å². The maximum Gasteiger partial charge on any atom is 0.191 e. The van der Waals surface area contributed by atoms with Crippen molar-refractivity contribution in [2.24, 2.45) is 16.6 Å². The molecule has 0 aromatic heterocycles. The van der Waals surface area contributed by atoms with Crippen LogP contribution < -0.4 is 5.73 Å². The monoisotopic (exact) mass is 185 g/mol. The Morgan fingerprint density at radius 2 is 2.46 bits per heavy atom. The Morgan fingerprint density at radius 1 is 1.69 bits per heavy atom. The number of nitrogens with zero attached hydrogens (tertiary/aromatic N) is 2. The van der Waals surface area contributed by atoms with E-state index in [-0.39, 0.29) is 0 Å². The lowest BCUT2D eigenvalue weighted by molar-refractivity contribution is 0.127. The van der Waals surface area contributed by atoms with Crippen molar-refractivity contribution in [2.75, 3.05) is 32.8 Å². The van der Waals surface area contributed by atoms with E-state index in [2.05, 4.69) is 16.8 Å². The highest BCUT2D eigenvalue weighted by molar-refractivity contribution is 5.78. The molecular formula is C9H19N3O. The Kier molecular flexibility index (Phi) is 4.02. The first-order valence-corrected chi connectivity index (χ1v) is 4.86. The third kappa shape index (κ3) is 3.22. The molecule has 0 bridgehead atoms. The van der Waals surface area contributed by atoms with E-state index < -0.39 is 0 Å². The van der Waals surface area contributed by atoms with Crippen molar-refractivity contribution in [1.29, 1.82) is 0 Å². The SMILES string of the molecule is CCN=C(N)N1CCOCC(C)C1. The van der Waals surface area contributed by atoms with Gasteiger partial charge in [0, 0.05) is 19.6 Å². The summed E-state index contributed by atoms with van der Waals surface area (Å²) in [6.07, 6.45) is 0. The number of ether oxygens (including phenoxy) is 1. The van der Waals surface area contributed by atoms with Crippen molar-refractivity contribution < 1.29 is 4.74 Å². The summed E-state index contributed by atoms with van der Waals surface area (Å²) in [5, 5.41) is 0. The standard InChI is InChI=1S/C9H19N3O/c1-3-11-9(10)12-4-5-13-7-8(2)6-12/h8H,3-7H2,1-2H3,(H2,10,11). The lowest BCUT2D eigenvalue weighted by Crippen LogP contribution is -2.40. The minimum absolute atomic E-state index is 0.535. The molecular weight excluding hydrogens is 166 g/mol. The van der Waals surface area contributed by atoms with E-state index in [1.54, 1.807) is 0 Å². The number of rotatable bonds is 1. The Balaban J connectivity index is 2.51.